The van der Waals surface area contributed by atoms with E-state index in [1.807, 2.05) is 0 Å². The van der Waals surface area contributed by atoms with E-state index < -0.39 is 0 Å². The van der Waals surface area contributed by atoms with Crippen LogP contribution in [-0.4, -0.2) is 9.13 Å². The van der Waals surface area contributed by atoms with Gasteiger partial charge in [-0.2, -0.15) is 0 Å². The molecule has 2 aromatic rings. The minimum Gasteiger partial charge on any atom is -1.00 e. The van der Waals surface area contributed by atoms with Gasteiger partial charge in [0.15, 0.2) is 0 Å². The van der Waals surface area contributed by atoms with Gasteiger partial charge < -0.3 is 12.4 Å². The van der Waals surface area contributed by atoms with Gasteiger partial charge in [0.05, 0.1) is 0 Å². The summed E-state index contributed by atoms with van der Waals surface area (Å²) in [5, 5.41) is 0. The number of hydrogen-bond donors (Lipinski definition) is 0. The molecule has 2 nitrogen and oxygen atoms in total. The van der Waals surface area contributed by atoms with Gasteiger partial charge in [0.25, 0.3) is 0 Å². The van der Waals surface area contributed by atoms with Crippen LogP contribution in [0.4, 0.5) is 0 Å². The van der Waals surface area contributed by atoms with Crippen molar-refractivity contribution in [1.82, 2.24) is 9.13 Å². The van der Waals surface area contributed by atoms with Crippen molar-refractivity contribution in [3.05, 3.63) is 44.8 Å². The van der Waals surface area contributed by atoms with Crippen molar-refractivity contribution in [3.8, 4) is 5.69 Å². The van der Waals surface area contributed by atoms with Crippen molar-refractivity contribution in [3.63, 3.8) is 0 Å². The molecule has 26 heavy (non-hydrogen) atoms. The average molecular weight is 555 g/mol. The number of rotatable bonds is 2. The summed E-state index contributed by atoms with van der Waals surface area (Å²) in [6.07, 6.45) is 7.35. The second-order valence-corrected chi connectivity index (χ2v) is 10.0. The molecule has 0 radical (unpaired) electrons. The molecule has 0 unspecified atom stereocenters. The number of nitrogens with zero attached hydrogens (tertiary/aromatic N) is 2. The van der Waals surface area contributed by atoms with Crippen molar-refractivity contribution >= 4 is 0 Å². The molecule has 3 aliphatic rings. The maximum absolute atomic E-state index is 2.77. The summed E-state index contributed by atoms with van der Waals surface area (Å²) in [5.41, 5.74) is 5.95. The summed E-state index contributed by atoms with van der Waals surface area (Å²) in [5.74, 6) is 2.53. The molecule has 5 rings (SSSR count). The number of aryl methyl sites for hydroxylation is 3. The smallest absolute Gasteiger partial charge is 1.00 e. The fourth-order valence-electron chi connectivity index (χ4n) is 5.81. The summed E-state index contributed by atoms with van der Waals surface area (Å²) in [4.78, 5) is 0. The van der Waals surface area contributed by atoms with Gasteiger partial charge in [-0.25, -0.2) is 0 Å². The first-order chi connectivity index (χ1) is 11.7. The molecule has 0 saturated heterocycles. The molecule has 3 saturated carbocycles. The third-order valence-electron chi connectivity index (χ3n) is 7.30. The largest absolute Gasteiger partial charge is 1.00 e. The Hall–Kier alpha value is -0.540. The van der Waals surface area contributed by atoms with Crippen LogP contribution in [0.1, 0.15) is 56.3 Å². The van der Waals surface area contributed by atoms with Crippen LogP contribution in [0.5, 0.6) is 0 Å². The zero-order valence-corrected chi connectivity index (χ0v) is 19.5. The van der Waals surface area contributed by atoms with Gasteiger partial charge in [0, 0.05) is 0 Å². The molecule has 4 atom stereocenters. The van der Waals surface area contributed by atoms with E-state index in [1.165, 1.54) is 38.8 Å². The number of hydrogen-bond acceptors (Lipinski definition) is 0. The summed E-state index contributed by atoms with van der Waals surface area (Å²) in [6.45, 7) is 14.1. The fourth-order valence-corrected chi connectivity index (χ4v) is 6.73. The second kappa shape index (κ2) is 6.81. The van der Waals surface area contributed by atoms with Crippen molar-refractivity contribution in [2.45, 2.75) is 60.4 Å². The first-order valence-electron chi connectivity index (χ1n) is 9.54. The fraction of sp³-hybridized carbons (Fsp3) is 0.591. The maximum atomic E-state index is 2.77. The Morgan fingerprint density at radius 1 is 1.04 bits per heavy atom. The Bertz CT molecular complexity index is 869. The van der Waals surface area contributed by atoms with Crippen LogP contribution in [0.3, 0.4) is 0 Å². The van der Waals surface area contributed by atoms with Crippen LogP contribution in [0.15, 0.2) is 24.5 Å². The summed E-state index contributed by atoms with van der Waals surface area (Å²) in [7, 11) is 0. The Morgan fingerprint density at radius 2 is 1.65 bits per heavy atom. The number of benzene rings is 1. The second-order valence-electron chi connectivity index (χ2n) is 9.08. The van der Waals surface area contributed by atoms with Gasteiger partial charge >= 0.3 is 164 Å². The summed E-state index contributed by atoms with van der Waals surface area (Å²) >= 11 is 2.77. The molecule has 2 bridgehead atoms. The molecule has 146 valence electrons. The number of aromatic nitrogens is 2. The number of imidazole rings is 1. The van der Waals surface area contributed by atoms with Gasteiger partial charge in [-0.3, -0.25) is 0 Å². The predicted molar refractivity (Wildman–Crippen MR) is 99.4 cm³/mol. The monoisotopic (exact) mass is 554 g/mol. The van der Waals surface area contributed by atoms with Crippen LogP contribution in [0.2, 0.25) is 0 Å². The van der Waals surface area contributed by atoms with Crippen molar-refractivity contribution < 1.29 is 33.0 Å². The molecule has 0 aliphatic heterocycles. The van der Waals surface area contributed by atoms with E-state index in [-0.39, 0.29) is 12.4 Å². The molecule has 4 heteroatoms. The van der Waals surface area contributed by atoms with Crippen molar-refractivity contribution in [2.24, 2.45) is 23.2 Å². The van der Waals surface area contributed by atoms with Crippen LogP contribution in [0, 0.1) is 47.6 Å². The molecular weight excluding hydrogens is 525 g/mol. The van der Waals surface area contributed by atoms with E-state index >= 15 is 0 Å². The molecule has 1 aromatic carbocycles. The van der Waals surface area contributed by atoms with E-state index in [0.29, 0.717) is 11.5 Å². The van der Waals surface area contributed by atoms with E-state index in [2.05, 4.69) is 95.8 Å². The van der Waals surface area contributed by atoms with Gasteiger partial charge in [-0.15, -0.1) is 0 Å². The molecule has 0 amide bonds. The van der Waals surface area contributed by atoms with Crippen LogP contribution < -0.4 is 12.4 Å². The molecule has 3 aliphatic carbocycles. The molecule has 0 N–H and O–H groups in total. The Labute approximate surface area is 175 Å². The van der Waals surface area contributed by atoms with Crippen LogP contribution >= 0.6 is 0 Å². The Balaban J connectivity index is 0.00000196. The third kappa shape index (κ3) is 2.85. The van der Waals surface area contributed by atoms with Crippen LogP contribution in [0.25, 0.3) is 5.69 Å². The minimum absolute atomic E-state index is 0. The predicted octanol–water partition coefficient (Wildman–Crippen LogP) is 2.53. The van der Waals surface area contributed by atoms with E-state index in [1.54, 1.807) is 0 Å². The molecule has 1 heterocycles. The van der Waals surface area contributed by atoms with Crippen molar-refractivity contribution in [1.29, 1.82) is 0 Å². The standard InChI is InChI=1S/C22H30N2.Au.ClH/c1-14-9-15(2)21(16(3)10-14)24-8-7-23(13-24)20-12-18-11-19(17(20)4)22(18,5)6;;/h7-10,17-20H,11-12H2,1-6H3;;1H/q;+1;/p-1/t17-,18+,19+,20-;;/m0../s1. The van der Waals surface area contributed by atoms with Crippen LogP contribution in [-0.2, 0) is 20.6 Å². The zero-order chi connectivity index (χ0) is 18.1. The maximum Gasteiger partial charge on any atom is -1.00 e. The first-order valence-corrected chi connectivity index (χ1v) is 10.6. The van der Waals surface area contributed by atoms with E-state index in [4.69, 9.17) is 0 Å². The van der Waals surface area contributed by atoms with Gasteiger partial charge in [0.2, 0.25) is 0 Å². The van der Waals surface area contributed by atoms with Gasteiger partial charge in [-0.05, 0) is 0 Å². The van der Waals surface area contributed by atoms with E-state index in [0.717, 1.165) is 17.8 Å². The molecular formula is C22H30AuClN2. The zero-order valence-electron chi connectivity index (χ0n) is 16.6. The quantitative estimate of drug-likeness (QED) is 0.505. The third-order valence-corrected chi connectivity index (χ3v) is 8.38. The molecule has 0 spiro atoms. The normalized spacial score (nSPS) is 29.1. The minimum atomic E-state index is 0. The van der Waals surface area contributed by atoms with Crippen molar-refractivity contribution in [2.75, 3.05) is 0 Å². The number of fused-ring (bicyclic) bond motifs is 2. The summed E-state index contributed by atoms with van der Waals surface area (Å²) in [6, 6.07) is 5.23. The topological polar surface area (TPSA) is 9.86 Å². The molecule has 1 aromatic heterocycles. The Morgan fingerprint density at radius 3 is 2.19 bits per heavy atom. The summed E-state index contributed by atoms with van der Waals surface area (Å²) < 4.78 is 6.23. The first kappa shape index (κ1) is 20.2. The van der Waals surface area contributed by atoms with Gasteiger partial charge in [-0.1, -0.05) is 0 Å². The van der Waals surface area contributed by atoms with E-state index in [9.17, 15) is 0 Å². The van der Waals surface area contributed by atoms with Gasteiger partial charge in [0.1, 0.15) is 0 Å². The SMILES string of the molecule is Cc1cc(C)c(-n2ccn([C@H]3C[C@H]4C[C@H]([C@@H]3C)C4(C)C)[c]2=[Au+])c(C)c1.[Cl-]. The average Bonchev–Trinajstić information content (AvgIpc) is 2.87. The molecule has 3 fully saturated rings. The Kier molecular flexibility index (Phi) is 5.29. The number of halogens is 1.